The molecule has 1 aromatic heterocycles. The molecule has 0 aliphatic carbocycles. The van der Waals surface area contributed by atoms with Crippen molar-refractivity contribution in [2.45, 2.75) is 6.54 Å². The summed E-state index contributed by atoms with van der Waals surface area (Å²) >= 11 is 0. The van der Waals surface area contributed by atoms with Gasteiger partial charge in [-0.15, -0.1) is 0 Å². The van der Waals surface area contributed by atoms with Gasteiger partial charge in [-0.05, 0) is 42.0 Å². The molecule has 0 unspecified atom stereocenters. The number of fused-ring (bicyclic) bond motifs is 1. The fourth-order valence-electron chi connectivity index (χ4n) is 2.68. The first kappa shape index (κ1) is 15.3. The first-order valence-corrected chi connectivity index (χ1v) is 8.05. The lowest BCUT2D eigenvalue weighted by molar-refractivity contribution is 0.0951. The molecule has 0 radical (unpaired) electrons. The first-order chi connectivity index (χ1) is 12.3. The van der Waals surface area contributed by atoms with E-state index in [0.717, 1.165) is 22.7 Å². The number of hydrogen-bond acceptors (Lipinski definition) is 4. The van der Waals surface area contributed by atoms with Gasteiger partial charge in [-0.3, -0.25) is 4.79 Å². The number of hydrogen-bond donors (Lipinski definition) is 1. The molecule has 0 atom stereocenters. The molecule has 25 heavy (non-hydrogen) atoms. The summed E-state index contributed by atoms with van der Waals surface area (Å²) in [5.74, 6) is 1.35. The van der Waals surface area contributed by atoms with Crippen LogP contribution in [0.1, 0.15) is 15.9 Å². The van der Waals surface area contributed by atoms with Crippen LogP contribution in [0, 0.1) is 0 Å². The van der Waals surface area contributed by atoms with Crippen LogP contribution in [0.5, 0.6) is 11.5 Å². The Morgan fingerprint density at radius 3 is 2.64 bits per heavy atom. The van der Waals surface area contributed by atoms with Crippen LogP contribution in [-0.4, -0.2) is 28.7 Å². The van der Waals surface area contributed by atoms with Gasteiger partial charge in [-0.25, -0.2) is 4.98 Å². The third kappa shape index (κ3) is 3.33. The Balaban J connectivity index is 1.40. The van der Waals surface area contributed by atoms with E-state index < -0.39 is 0 Å². The average molecular weight is 335 g/mol. The second-order valence-electron chi connectivity index (χ2n) is 5.68. The van der Waals surface area contributed by atoms with Crippen LogP contribution in [0.25, 0.3) is 5.69 Å². The van der Waals surface area contributed by atoms with Crippen LogP contribution in [0.3, 0.4) is 0 Å². The quantitative estimate of drug-likeness (QED) is 0.796. The summed E-state index contributed by atoms with van der Waals surface area (Å²) in [5, 5.41) is 2.92. The minimum absolute atomic E-state index is 0.118. The van der Waals surface area contributed by atoms with Crippen molar-refractivity contribution in [1.82, 2.24) is 14.9 Å². The van der Waals surface area contributed by atoms with E-state index in [-0.39, 0.29) is 5.91 Å². The maximum absolute atomic E-state index is 12.3. The predicted octanol–water partition coefficient (Wildman–Crippen LogP) is 2.57. The standard InChI is InChI=1S/C19H17N3O3/c23-19(15-2-4-16(5-3-15)22-8-7-20-13-22)21-12-14-1-6-17-18(11-14)25-10-9-24-17/h1-8,11,13H,9-10,12H2,(H,21,23). The van der Waals surface area contributed by atoms with Gasteiger partial charge in [0.25, 0.3) is 5.91 Å². The van der Waals surface area contributed by atoms with Gasteiger partial charge < -0.3 is 19.4 Å². The number of amides is 1. The number of nitrogens with one attached hydrogen (secondary N) is 1. The molecule has 3 aromatic rings. The van der Waals surface area contributed by atoms with Gasteiger partial charge in [-0.2, -0.15) is 0 Å². The van der Waals surface area contributed by atoms with Crippen molar-refractivity contribution in [3.8, 4) is 17.2 Å². The Kier molecular flexibility index (Phi) is 4.08. The summed E-state index contributed by atoms with van der Waals surface area (Å²) < 4.78 is 12.9. The third-order valence-electron chi connectivity index (χ3n) is 3.99. The van der Waals surface area contributed by atoms with Gasteiger partial charge in [-0.1, -0.05) is 6.07 Å². The van der Waals surface area contributed by atoms with E-state index in [9.17, 15) is 4.79 Å². The van der Waals surface area contributed by atoms with Crippen LogP contribution >= 0.6 is 0 Å². The molecule has 2 heterocycles. The Morgan fingerprint density at radius 1 is 1.08 bits per heavy atom. The molecule has 126 valence electrons. The van der Waals surface area contributed by atoms with Crippen molar-refractivity contribution in [2.75, 3.05) is 13.2 Å². The summed E-state index contributed by atoms with van der Waals surface area (Å²) in [5.41, 5.74) is 2.54. The number of rotatable bonds is 4. The molecule has 0 fully saturated rings. The van der Waals surface area contributed by atoms with Gasteiger partial charge in [0.15, 0.2) is 11.5 Å². The highest BCUT2D eigenvalue weighted by Gasteiger charge is 2.12. The lowest BCUT2D eigenvalue weighted by atomic mass is 10.1. The predicted molar refractivity (Wildman–Crippen MR) is 92.2 cm³/mol. The molecule has 6 heteroatoms. The fourth-order valence-corrected chi connectivity index (χ4v) is 2.68. The Labute approximate surface area is 145 Å². The van der Waals surface area contributed by atoms with Crippen molar-refractivity contribution >= 4 is 5.91 Å². The van der Waals surface area contributed by atoms with Crippen LogP contribution in [0.15, 0.2) is 61.2 Å². The maximum Gasteiger partial charge on any atom is 0.251 e. The lowest BCUT2D eigenvalue weighted by Crippen LogP contribution is -2.23. The van der Waals surface area contributed by atoms with Crippen molar-refractivity contribution in [1.29, 1.82) is 0 Å². The van der Waals surface area contributed by atoms with E-state index in [1.807, 2.05) is 41.1 Å². The summed E-state index contributed by atoms with van der Waals surface area (Å²) in [6.45, 7) is 1.54. The Bertz CT molecular complexity index is 873. The van der Waals surface area contributed by atoms with E-state index in [1.165, 1.54) is 0 Å². The summed E-state index contributed by atoms with van der Waals surface area (Å²) in [6, 6.07) is 13.1. The van der Waals surface area contributed by atoms with Crippen LogP contribution < -0.4 is 14.8 Å². The molecule has 1 amide bonds. The molecule has 6 nitrogen and oxygen atoms in total. The molecule has 1 aliphatic heterocycles. The van der Waals surface area contributed by atoms with Gasteiger partial charge in [0.1, 0.15) is 13.2 Å². The van der Waals surface area contributed by atoms with Gasteiger partial charge in [0.2, 0.25) is 0 Å². The monoisotopic (exact) mass is 335 g/mol. The molecule has 0 spiro atoms. The number of imidazole rings is 1. The molecular formula is C19H17N3O3. The number of benzene rings is 2. The zero-order valence-electron chi connectivity index (χ0n) is 13.5. The van der Waals surface area contributed by atoms with Gasteiger partial charge in [0.05, 0.1) is 6.33 Å². The van der Waals surface area contributed by atoms with E-state index in [4.69, 9.17) is 9.47 Å². The highest BCUT2D eigenvalue weighted by atomic mass is 16.6. The summed E-state index contributed by atoms with van der Waals surface area (Å²) in [4.78, 5) is 16.3. The van der Waals surface area contributed by atoms with Gasteiger partial charge >= 0.3 is 0 Å². The molecule has 0 saturated carbocycles. The van der Waals surface area contributed by atoms with Crippen molar-refractivity contribution in [3.63, 3.8) is 0 Å². The number of carbonyl (C=O) groups excluding carboxylic acids is 1. The second-order valence-corrected chi connectivity index (χ2v) is 5.68. The normalized spacial score (nSPS) is 12.6. The largest absolute Gasteiger partial charge is 0.486 e. The van der Waals surface area contributed by atoms with Crippen molar-refractivity contribution < 1.29 is 14.3 Å². The number of carbonyl (C=O) groups is 1. The van der Waals surface area contributed by atoms with Crippen LogP contribution in [0.2, 0.25) is 0 Å². The minimum atomic E-state index is -0.118. The molecule has 2 aromatic carbocycles. The molecule has 1 N–H and O–H groups in total. The van der Waals surface area contributed by atoms with Gasteiger partial charge in [0, 0.05) is 30.2 Å². The second kappa shape index (κ2) is 6.68. The highest BCUT2D eigenvalue weighted by Crippen LogP contribution is 2.30. The number of ether oxygens (including phenoxy) is 2. The molecular weight excluding hydrogens is 318 g/mol. The minimum Gasteiger partial charge on any atom is -0.486 e. The number of aromatic nitrogens is 2. The Morgan fingerprint density at radius 2 is 1.88 bits per heavy atom. The smallest absolute Gasteiger partial charge is 0.251 e. The van der Waals surface area contributed by atoms with E-state index in [2.05, 4.69) is 10.3 Å². The fraction of sp³-hybridized carbons (Fsp3) is 0.158. The lowest BCUT2D eigenvalue weighted by Gasteiger charge is -2.19. The third-order valence-corrected chi connectivity index (χ3v) is 3.99. The van der Waals surface area contributed by atoms with Crippen molar-refractivity contribution in [3.05, 3.63) is 72.3 Å². The highest BCUT2D eigenvalue weighted by molar-refractivity contribution is 5.94. The molecule has 1 aliphatic rings. The summed E-state index contributed by atoms with van der Waals surface area (Å²) in [6.07, 6.45) is 5.29. The molecule has 4 rings (SSSR count). The number of nitrogens with zero attached hydrogens (tertiary/aromatic N) is 2. The van der Waals surface area contributed by atoms with E-state index >= 15 is 0 Å². The van der Waals surface area contributed by atoms with E-state index in [1.54, 1.807) is 24.7 Å². The zero-order valence-corrected chi connectivity index (χ0v) is 13.5. The summed E-state index contributed by atoms with van der Waals surface area (Å²) in [7, 11) is 0. The molecule has 0 saturated heterocycles. The topological polar surface area (TPSA) is 65.4 Å². The SMILES string of the molecule is O=C(NCc1ccc2c(c1)OCCO2)c1ccc(-n2ccnc2)cc1. The van der Waals surface area contributed by atoms with Crippen LogP contribution in [0.4, 0.5) is 0 Å². The average Bonchev–Trinajstić information content (AvgIpc) is 3.21. The maximum atomic E-state index is 12.3. The van der Waals surface area contributed by atoms with E-state index in [0.29, 0.717) is 25.3 Å². The zero-order chi connectivity index (χ0) is 17.1. The first-order valence-electron chi connectivity index (χ1n) is 8.05. The molecule has 0 bridgehead atoms. The van der Waals surface area contributed by atoms with Crippen molar-refractivity contribution in [2.24, 2.45) is 0 Å². The van der Waals surface area contributed by atoms with Crippen LogP contribution in [-0.2, 0) is 6.54 Å². The Hall–Kier alpha value is -3.28.